The molecule has 6 nitrogen and oxygen atoms in total. The van der Waals surface area contributed by atoms with E-state index in [0.717, 1.165) is 18.4 Å². The average molecular weight is 302 g/mol. The van der Waals surface area contributed by atoms with Crippen LogP contribution in [0.2, 0.25) is 0 Å². The number of ether oxygens (including phenoxy) is 1. The van der Waals surface area contributed by atoms with E-state index >= 15 is 0 Å². The third-order valence-electron chi connectivity index (χ3n) is 4.17. The van der Waals surface area contributed by atoms with Crippen molar-refractivity contribution in [2.45, 2.75) is 44.7 Å². The second-order valence-electron chi connectivity index (χ2n) is 6.64. The van der Waals surface area contributed by atoms with E-state index in [0.29, 0.717) is 24.2 Å². The Hall–Kier alpha value is -2.11. The molecule has 3 rings (SSSR count). The molecule has 1 amide bonds. The van der Waals surface area contributed by atoms with Crippen LogP contribution in [0.5, 0.6) is 5.88 Å². The molecule has 1 aromatic rings. The largest absolute Gasteiger partial charge is 0.481 e. The number of amides is 1. The van der Waals surface area contributed by atoms with Crippen LogP contribution < -0.4 is 10.5 Å². The Morgan fingerprint density at radius 3 is 2.64 bits per heavy atom. The van der Waals surface area contributed by atoms with E-state index in [1.165, 1.54) is 0 Å². The highest BCUT2D eigenvalue weighted by Crippen LogP contribution is 2.45. The molecule has 6 heteroatoms. The zero-order valence-electron chi connectivity index (χ0n) is 13.2. The lowest BCUT2D eigenvalue weighted by atomic mass is 9.95. The monoisotopic (exact) mass is 302 g/mol. The van der Waals surface area contributed by atoms with E-state index in [1.54, 1.807) is 18.2 Å². The highest BCUT2D eigenvalue weighted by molar-refractivity contribution is 5.99. The van der Waals surface area contributed by atoms with Gasteiger partial charge in [0.1, 0.15) is 0 Å². The van der Waals surface area contributed by atoms with Gasteiger partial charge in [0.2, 0.25) is 11.8 Å². The maximum Gasteiger partial charge on any atom is 0.232 e. The van der Waals surface area contributed by atoms with E-state index in [2.05, 4.69) is 9.98 Å². The van der Waals surface area contributed by atoms with Crippen molar-refractivity contribution in [2.75, 3.05) is 7.11 Å². The number of aromatic nitrogens is 1. The first-order valence-electron chi connectivity index (χ1n) is 7.58. The van der Waals surface area contributed by atoms with Gasteiger partial charge in [-0.1, -0.05) is 6.07 Å². The zero-order chi connectivity index (χ0) is 15.9. The second kappa shape index (κ2) is 5.26. The highest BCUT2D eigenvalue weighted by atomic mass is 16.5. The first kappa shape index (κ1) is 14.8. The molecule has 118 valence electrons. The maximum atomic E-state index is 12.6. The number of pyridine rings is 1. The minimum atomic E-state index is -0.427. The minimum Gasteiger partial charge on any atom is -0.481 e. The van der Waals surface area contributed by atoms with E-state index < -0.39 is 5.54 Å². The Kier molecular flexibility index (Phi) is 3.54. The molecule has 1 fully saturated rings. The number of carbonyl (C=O) groups is 1. The summed E-state index contributed by atoms with van der Waals surface area (Å²) in [6.07, 6.45) is 4.33. The predicted octanol–water partition coefficient (Wildman–Crippen LogP) is 1.87. The molecule has 0 bridgehead atoms. The van der Waals surface area contributed by atoms with Crippen molar-refractivity contribution < 1.29 is 9.53 Å². The van der Waals surface area contributed by atoms with Gasteiger partial charge in [-0.05, 0) is 38.2 Å². The Morgan fingerprint density at radius 1 is 1.41 bits per heavy atom. The standard InChI is InChI=1S/C16H22N4O2/c1-16(2)8-13(21)20(15(17)19-16)14(10-4-5-10)11-6-7-12(22-3)18-9-11/h6-7,9-10,14H,4-5,8H2,1-3H3,(H2,17,19). The Labute approximate surface area is 130 Å². The molecular weight excluding hydrogens is 280 g/mol. The lowest BCUT2D eigenvalue weighted by Gasteiger charge is -2.38. The molecule has 1 aromatic heterocycles. The highest BCUT2D eigenvalue weighted by Gasteiger charge is 2.43. The molecule has 1 aliphatic carbocycles. The lowest BCUT2D eigenvalue weighted by Crippen LogP contribution is -2.51. The summed E-state index contributed by atoms with van der Waals surface area (Å²) < 4.78 is 5.10. The SMILES string of the molecule is COc1ccc(C(C2CC2)N2C(=O)CC(C)(C)N=C2N)cn1. The molecule has 0 saturated heterocycles. The molecule has 1 unspecified atom stereocenters. The number of guanidine groups is 1. The van der Waals surface area contributed by atoms with Crippen LogP contribution in [0.25, 0.3) is 0 Å². The number of nitrogens with two attached hydrogens (primary N) is 1. The third-order valence-corrected chi connectivity index (χ3v) is 4.17. The Morgan fingerprint density at radius 2 is 2.14 bits per heavy atom. The summed E-state index contributed by atoms with van der Waals surface area (Å²) >= 11 is 0. The van der Waals surface area contributed by atoms with E-state index in [-0.39, 0.29) is 11.9 Å². The smallest absolute Gasteiger partial charge is 0.232 e. The number of methoxy groups -OCH3 is 1. The van der Waals surface area contributed by atoms with Crippen LogP contribution in [0.1, 0.15) is 44.7 Å². The molecule has 1 aliphatic heterocycles. The molecule has 2 N–H and O–H groups in total. The molecule has 1 saturated carbocycles. The molecule has 2 heterocycles. The van der Waals surface area contributed by atoms with Gasteiger partial charge in [-0.2, -0.15) is 0 Å². The van der Waals surface area contributed by atoms with Gasteiger partial charge in [-0.15, -0.1) is 0 Å². The number of hydrogen-bond acceptors (Lipinski definition) is 5. The number of nitrogens with zero attached hydrogens (tertiary/aromatic N) is 3. The molecule has 0 spiro atoms. The minimum absolute atomic E-state index is 0.0326. The summed E-state index contributed by atoms with van der Waals surface area (Å²) in [5.74, 6) is 1.33. The first-order valence-corrected chi connectivity index (χ1v) is 7.58. The van der Waals surface area contributed by atoms with Crippen LogP contribution >= 0.6 is 0 Å². The van der Waals surface area contributed by atoms with Crippen molar-refractivity contribution in [3.63, 3.8) is 0 Å². The predicted molar refractivity (Wildman–Crippen MR) is 83.4 cm³/mol. The van der Waals surface area contributed by atoms with Crippen molar-refractivity contribution in [2.24, 2.45) is 16.6 Å². The lowest BCUT2D eigenvalue weighted by molar-refractivity contribution is -0.131. The quantitative estimate of drug-likeness (QED) is 0.920. The third kappa shape index (κ3) is 2.77. The van der Waals surface area contributed by atoms with Crippen LogP contribution in [-0.4, -0.2) is 34.4 Å². The summed E-state index contributed by atoms with van der Waals surface area (Å²) in [6, 6.07) is 3.69. The summed E-state index contributed by atoms with van der Waals surface area (Å²) in [5, 5.41) is 0. The summed E-state index contributed by atoms with van der Waals surface area (Å²) in [6.45, 7) is 3.85. The van der Waals surface area contributed by atoms with Crippen LogP contribution in [-0.2, 0) is 4.79 Å². The van der Waals surface area contributed by atoms with Gasteiger partial charge in [0.25, 0.3) is 0 Å². The first-order chi connectivity index (χ1) is 10.4. The van der Waals surface area contributed by atoms with E-state index in [4.69, 9.17) is 10.5 Å². The van der Waals surface area contributed by atoms with Crippen LogP contribution in [0, 0.1) is 5.92 Å². The zero-order valence-corrected chi connectivity index (χ0v) is 13.2. The van der Waals surface area contributed by atoms with Gasteiger partial charge in [-0.3, -0.25) is 9.69 Å². The van der Waals surface area contributed by atoms with E-state index in [9.17, 15) is 4.79 Å². The number of carbonyl (C=O) groups excluding carboxylic acids is 1. The fraction of sp³-hybridized carbons (Fsp3) is 0.562. The topological polar surface area (TPSA) is 80.8 Å². The Balaban J connectivity index is 1.95. The molecule has 0 radical (unpaired) electrons. The van der Waals surface area contributed by atoms with Gasteiger partial charge in [-0.25, -0.2) is 9.98 Å². The molecule has 2 aliphatic rings. The van der Waals surface area contributed by atoms with Crippen molar-refractivity contribution in [1.82, 2.24) is 9.88 Å². The summed E-state index contributed by atoms with van der Waals surface area (Å²) in [7, 11) is 1.58. The molecular formula is C16H22N4O2. The van der Waals surface area contributed by atoms with Gasteiger partial charge in [0.15, 0.2) is 5.96 Å². The Bertz CT molecular complexity index is 605. The fourth-order valence-electron chi connectivity index (χ4n) is 3.02. The number of aliphatic imine (C=N–C) groups is 1. The van der Waals surface area contributed by atoms with Gasteiger partial charge in [0.05, 0.1) is 25.1 Å². The maximum absolute atomic E-state index is 12.6. The van der Waals surface area contributed by atoms with Crippen molar-refractivity contribution in [1.29, 1.82) is 0 Å². The molecule has 22 heavy (non-hydrogen) atoms. The van der Waals surface area contributed by atoms with Crippen molar-refractivity contribution in [3.05, 3.63) is 23.9 Å². The summed E-state index contributed by atoms with van der Waals surface area (Å²) in [5.41, 5.74) is 6.67. The van der Waals surface area contributed by atoms with Crippen molar-refractivity contribution >= 4 is 11.9 Å². The number of hydrogen-bond donors (Lipinski definition) is 1. The fourth-order valence-corrected chi connectivity index (χ4v) is 3.02. The van der Waals surface area contributed by atoms with Crippen molar-refractivity contribution in [3.8, 4) is 5.88 Å². The van der Waals surface area contributed by atoms with Gasteiger partial charge in [0, 0.05) is 12.3 Å². The van der Waals surface area contributed by atoms with Crippen LogP contribution in [0.15, 0.2) is 23.3 Å². The molecule has 0 aromatic carbocycles. The normalized spacial score (nSPS) is 22.2. The second-order valence-corrected chi connectivity index (χ2v) is 6.64. The number of rotatable bonds is 4. The summed E-state index contributed by atoms with van der Waals surface area (Å²) in [4.78, 5) is 23.0. The van der Waals surface area contributed by atoms with Crippen LogP contribution in [0.4, 0.5) is 0 Å². The van der Waals surface area contributed by atoms with E-state index in [1.807, 2.05) is 26.0 Å². The average Bonchev–Trinajstić information content (AvgIpc) is 3.26. The van der Waals surface area contributed by atoms with Crippen LogP contribution in [0.3, 0.4) is 0 Å². The molecule has 1 atom stereocenters. The van der Waals surface area contributed by atoms with Gasteiger partial charge >= 0.3 is 0 Å². The van der Waals surface area contributed by atoms with Gasteiger partial charge < -0.3 is 10.5 Å².